The lowest BCUT2D eigenvalue weighted by molar-refractivity contribution is 0.884. The van der Waals surface area contributed by atoms with Crippen LogP contribution in [0.1, 0.15) is 11.3 Å². The summed E-state index contributed by atoms with van der Waals surface area (Å²) in [6.07, 6.45) is 1.81. The van der Waals surface area contributed by atoms with Crippen molar-refractivity contribution in [2.75, 3.05) is 0 Å². The molecule has 2 aromatic carbocycles. The van der Waals surface area contributed by atoms with Crippen molar-refractivity contribution in [1.82, 2.24) is 19.7 Å². The van der Waals surface area contributed by atoms with Gasteiger partial charge in [0, 0.05) is 28.2 Å². The number of halogens is 1. The van der Waals surface area contributed by atoms with E-state index in [-0.39, 0.29) is 0 Å². The third kappa shape index (κ3) is 4.04. The molecule has 2 aromatic heterocycles. The SMILES string of the molecule is Cc1ccc(-n2c(SCc3ccccn3)nnc2-c2ccc(Cl)cc2)cc1. The third-order valence-electron chi connectivity index (χ3n) is 4.10. The molecular formula is C21H17ClN4S. The molecule has 0 aliphatic rings. The Morgan fingerprint density at radius 3 is 2.41 bits per heavy atom. The smallest absolute Gasteiger partial charge is 0.196 e. The summed E-state index contributed by atoms with van der Waals surface area (Å²) in [7, 11) is 0. The van der Waals surface area contributed by atoms with Crippen molar-refractivity contribution in [3.8, 4) is 17.1 Å². The van der Waals surface area contributed by atoms with Crippen LogP contribution in [0, 0.1) is 6.92 Å². The Bertz CT molecular complexity index is 1030. The van der Waals surface area contributed by atoms with Crippen LogP contribution in [-0.4, -0.2) is 19.7 Å². The Morgan fingerprint density at radius 1 is 0.926 bits per heavy atom. The quantitative estimate of drug-likeness (QED) is 0.415. The van der Waals surface area contributed by atoms with Crippen molar-refractivity contribution in [3.05, 3.63) is 89.2 Å². The van der Waals surface area contributed by atoms with Crippen LogP contribution in [0.4, 0.5) is 0 Å². The number of benzene rings is 2. The summed E-state index contributed by atoms with van der Waals surface area (Å²) < 4.78 is 2.08. The van der Waals surface area contributed by atoms with E-state index in [1.54, 1.807) is 18.0 Å². The second-order valence-corrected chi connectivity index (χ2v) is 7.47. The maximum absolute atomic E-state index is 6.04. The van der Waals surface area contributed by atoms with E-state index in [9.17, 15) is 0 Å². The van der Waals surface area contributed by atoms with Gasteiger partial charge in [-0.25, -0.2) is 0 Å². The minimum absolute atomic E-state index is 0.699. The molecule has 27 heavy (non-hydrogen) atoms. The number of pyridine rings is 1. The highest BCUT2D eigenvalue weighted by molar-refractivity contribution is 7.98. The molecule has 4 nitrogen and oxygen atoms in total. The molecule has 4 rings (SSSR count). The van der Waals surface area contributed by atoms with E-state index in [1.807, 2.05) is 42.5 Å². The minimum Gasteiger partial charge on any atom is -0.270 e. The highest BCUT2D eigenvalue weighted by Gasteiger charge is 2.16. The van der Waals surface area contributed by atoms with Crippen LogP contribution >= 0.6 is 23.4 Å². The molecule has 0 N–H and O–H groups in total. The molecule has 0 fully saturated rings. The summed E-state index contributed by atoms with van der Waals surface area (Å²) in [5.74, 6) is 1.52. The Labute approximate surface area is 167 Å². The van der Waals surface area contributed by atoms with Crippen molar-refractivity contribution in [1.29, 1.82) is 0 Å². The summed E-state index contributed by atoms with van der Waals surface area (Å²) in [5.41, 5.74) is 4.22. The van der Waals surface area contributed by atoms with Gasteiger partial charge in [-0.15, -0.1) is 10.2 Å². The summed E-state index contributed by atoms with van der Waals surface area (Å²) in [6.45, 7) is 2.08. The monoisotopic (exact) mass is 392 g/mol. The Morgan fingerprint density at radius 2 is 1.70 bits per heavy atom. The molecule has 0 amide bonds. The van der Waals surface area contributed by atoms with Gasteiger partial charge in [0.1, 0.15) is 0 Å². The topological polar surface area (TPSA) is 43.6 Å². The number of nitrogens with zero attached hydrogens (tertiary/aromatic N) is 4. The Hall–Kier alpha value is -2.63. The zero-order valence-electron chi connectivity index (χ0n) is 14.7. The first-order chi connectivity index (χ1) is 13.2. The molecule has 2 heterocycles. The lowest BCUT2D eigenvalue weighted by Crippen LogP contribution is -2.00. The standard InChI is InChI=1S/C21H17ClN4S/c1-15-5-11-19(12-6-15)26-20(16-7-9-17(22)10-8-16)24-25-21(26)27-14-18-4-2-3-13-23-18/h2-13H,14H2,1H3. The van der Waals surface area contributed by atoms with Crippen molar-refractivity contribution < 1.29 is 0 Å². The zero-order valence-corrected chi connectivity index (χ0v) is 16.3. The zero-order chi connectivity index (χ0) is 18.6. The molecule has 0 saturated carbocycles. The first-order valence-corrected chi connectivity index (χ1v) is 9.88. The first-order valence-electron chi connectivity index (χ1n) is 8.52. The lowest BCUT2D eigenvalue weighted by atomic mass is 10.2. The predicted octanol–water partition coefficient (Wildman–Crippen LogP) is 5.58. The maximum atomic E-state index is 6.04. The average Bonchev–Trinajstić information content (AvgIpc) is 3.12. The van der Waals surface area contributed by atoms with E-state index in [0.717, 1.165) is 33.7 Å². The van der Waals surface area contributed by atoms with Crippen molar-refractivity contribution in [3.63, 3.8) is 0 Å². The fraction of sp³-hybridized carbons (Fsp3) is 0.0952. The number of aromatic nitrogens is 4. The highest BCUT2D eigenvalue weighted by atomic mass is 35.5. The average molecular weight is 393 g/mol. The summed E-state index contributed by atoms with van der Waals surface area (Å²) in [6, 6.07) is 21.9. The lowest BCUT2D eigenvalue weighted by Gasteiger charge is -2.11. The fourth-order valence-corrected chi connectivity index (χ4v) is 3.69. The van der Waals surface area contributed by atoms with E-state index >= 15 is 0 Å². The molecule has 0 spiro atoms. The Balaban J connectivity index is 1.74. The fourth-order valence-electron chi connectivity index (χ4n) is 2.70. The van der Waals surface area contributed by atoms with Crippen LogP contribution in [-0.2, 0) is 5.75 Å². The summed E-state index contributed by atoms with van der Waals surface area (Å²) >= 11 is 7.66. The maximum Gasteiger partial charge on any atom is 0.196 e. The van der Waals surface area contributed by atoms with Gasteiger partial charge in [-0.1, -0.05) is 47.1 Å². The van der Waals surface area contributed by atoms with E-state index < -0.39 is 0 Å². The molecule has 0 unspecified atom stereocenters. The summed E-state index contributed by atoms with van der Waals surface area (Å²) in [5, 5.41) is 10.4. The van der Waals surface area contributed by atoms with Crippen LogP contribution in [0.25, 0.3) is 17.1 Å². The normalized spacial score (nSPS) is 10.9. The largest absolute Gasteiger partial charge is 0.270 e. The summed E-state index contributed by atoms with van der Waals surface area (Å²) in [4.78, 5) is 4.39. The molecule has 0 aliphatic carbocycles. The number of hydrogen-bond acceptors (Lipinski definition) is 4. The van der Waals surface area contributed by atoms with Crippen LogP contribution in [0.15, 0.2) is 78.1 Å². The number of hydrogen-bond donors (Lipinski definition) is 0. The van der Waals surface area contributed by atoms with Gasteiger partial charge >= 0.3 is 0 Å². The molecular weight excluding hydrogens is 376 g/mol. The second-order valence-electron chi connectivity index (χ2n) is 6.09. The van der Waals surface area contributed by atoms with Gasteiger partial charge in [0.15, 0.2) is 11.0 Å². The molecule has 134 valence electrons. The Kier molecular flexibility index (Phi) is 5.23. The van der Waals surface area contributed by atoms with E-state index in [2.05, 4.69) is 50.9 Å². The van der Waals surface area contributed by atoms with Crippen LogP contribution in [0.2, 0.25) is 5.02 Å². The van der Waals surface area contributed by atoms with Crippen molar-refractivity contribution >= 4 is 23.4 Å². The molecule has 0 atom stereocenters. The van der Waals surface area contributed by atoms with Gasteiger partial charge in [-0.3, -0.25) is 9.55 Å². The van der Waals surface area contributed by atoms with E-state index in [4.69, 9.17) is 11.6 Å². The third-order valence-corrected chi connectivity index (χ3v) is 5.32. The number of thioether (sulfide) groups is 1. The molecule has 0 bridgehead atoms. The minimum atomic E-state index is 0.699. The van der Waals surface area contributed by atoms with E-state index in [0.29, 0.717) is 5.02 Å². The number of rotatable bonds is 5. The van der Waals surface area contributed by atoms with Crippen molar-refractivity contribution in [2.45, 2.75) is 17.8 Å². The van der Waals surface area contributed by atoms with Crippen LogP contribution < -0.4 is 0 Å². The molecule has 0 radical (unpaired) electrons. The van der Waals surface area contributed by atoms with Gasteiger partial charge in [-0.2, -0.15) is 0 Å². The van der Waals surface area contributed by atoms with E-state index in [1.165, 1.54) is 5.56 Å². The van der Waals surface area contributed by atoms with Gasteiger partial charge < -0.3 is 0 Å². The molecule has 4 aromatic rings. The van der Waals surface area contributed by atoms with Crippen molar-refractivity contribution in [2.24, 2.45) is 0 Å². The molecule has 6 heteroatoms. The molecule has 0 aliphatic heterocycles. The second kappa shape index (κ2) is 7.94. The predicted molar refractivity (Wildman–Crippen MR) is 110 cm³/mol. The number of aryl methyl sites for hydroxylation is 1. The van der Waals surface area contributed by atoms with Crippen LogP contribution in [0.3, 0.4) is 0 Å². The molecule has 0 saturated heterocycles. The van der Waals surface area contributed by atoms with Gasteiger partial charge in [0.25, 0.3) is 0 Å². The first kappa shape index (κ1) is 17.8. The van der Waals surface area contributed by atoms with Gasteiger partial charge in [0.2, 0.25) is 0 Å². The van der Waals surface area contributed by atoms with Gasteiger partial charge in [-0.05, 0) is 55.5 Å². The highest BCUT2D eigenvalue weighted by Crippen LogP contribution is 2.30. The van der Waals surface area contributed by atoms with Crippen LogP contribution in [0.5, 0.6) is 0 Å². The van der Waals surface area contributed by atoms with Gasteiger partial charge in [0.05, 0.1) is 5.69 Å².